The third kappa shape index (κ3) is 2.40. The Balaban J connectivity index is 3.22. The molecule has 6 heteroatoms. The maximum atomic E-state index is 13.1. The molecule has 0 saturated heterocycles. The zero-order chi connectivity index (χ0) is 11.4. The highest BCUT2D eigenvalue weighted by Gasteiger charge is 2.19. The second-order valence-corrected chi connectivity index (χ2v) is 2.60. The van der Waals surface area contributed by atoms with Crippen LogP contribution in [0.5, 0.6) is 0 Å². The van der Waals surface area contributed by atoms with Crippen molar-refractivity contribution in [2.75, 3.05) is 11.9 Å². The maximum absolute atomic E-state index is 13.1. The van der Waals surface area contributed by atoms with E-state index in [-0.39, 0.29) is 6.54 Å². The highest BCUT2D eigenvalue weighted by atomic mass is 19.1. The number of nitrogens with zero attached hydrogens (tertiary/aromatic N) is 1. The smallest absolute Gasteiger partial charge is 0.298 e. The molecule has 0 saturated carbocycles. The van der Waals surface area contributed by atoms with Crippen LogP contribution in [-0.2, 0) is 0 Å². The number of hydrogen-bond acceptors (Lipinski definition) is 3. The predicted octanol–water partition coefficient (Wildman–Crippen LogP) is 1.92. The van der Waals surface area contributed by atoms with Gasteiger partial charge >= 0.3 is 0 Å². The van der Waals surface area contributed by atoms with Crippen LogP contribution in [0.1, 0.15) is 0 Å². The number of nitrogens with one attached hydrogen (secondary N) is 1. The molecule has 4 nitrogen and oxygen atoms in total. The third-order valence-electron chi connectivity index (χ3n) is 1.60. The summed E-state index contributed by atoms with van der Waals surface area (Å²) in [6.45, 7) is -0.0800. The van der Waals surface area contributed by atoms with Gasteiger partial charge in [0.1, 0.15) is 5.82 Å². The van der Waals surface area contributed by atoms with Crippen LogP contribution >= 0.6 is 0 Å². The topological polar surface area (TPSA) is 55.2 Å². The predicted molar refractivity (Wildman–Crippen MR) is 50.3 cm³/mol. The Bertz CT molecular complexity index is 440. The summed E-state index contributed by atoms with van der Waals surface area (Å²) in [5.74, 6) is 0.0767. The summed E-state index contributed by atoms with van der Waals surface area (Å²) < 4.78 is 25.8. The zero-order valence-corrected chi connectivity index (χ0v) is 7.46. The Kier molecular flexibility index (Phi) is 3.18. The number of hydrogen-bond donors (Lipinski definition) is 1. The fraction of sp³-hybridized carbons (Fsp3) is 0.111. The van der Waals surface area contributed by atoms with Gasteiger partial charge in [-0.1, -0.05) is 5.92 Å². The molecule has 0 aromatic heterocycles. The van der Waals surface area contributed by atoms with E-state index in [1.807, 2.05) is 0 Å². The van der Waals surface area contributed by atoms with E-state index in [0.29, 0.717) is 12.1 Å². The van der Waals surface area contributed by atoms with Crippen molar-refractivity contribution in [2.45, 2.75) is 0 Å². The van der Waals surface area contributed by atoms with E-state index in [1.54, 1.807) is 0 Å². The van der Waals surface area contributed by atoms with Crippen LogP contribution in [0.3, 0.4) is 0 Å². The Morgan fingerprint density at radius 2 is 2.20 bits per heavy atom. The van der Waals surface area contributed by atoms with Crippen molar-refractivity contribution in [1.29, 1.82) is 0 Å². The quantitative estimate of drug-likeness (QED) is 0.473. The van der Waals surface area contributed by atoms with Gasteiger partial charge in [-0.2, -0.15) is 0 Å². The summed E-state index contributed by atoms with van der Waals surface area (Å²) in [7, 11) is 0. The highest BCUT2D eigenvalue weighted by molar-refractivity contribution is 5.62. The molecule has 0 atom stereocenters. The largest absolute Gasteiger partial charge is 0.366 e. The van der Waals surface area contributed by atoms with Crippen molar-refractivity contribution in [3.05, 3.63) is 33.9 Å². The Labute approximate surface area is 84.1 Å². The summed E-state index contributed by atoms with van der Waals surface area (Å²) in [5, 5.41) is 12.8. The van der Waals surface area contributed by atoms with Gasteiger partial charge in [0, 0.05) is 6.07 Å². The van der Waals surface area contributed by atoms with Crippen molar-refractivity contribution in [2.24, 2.45) is 0 Å². The van der Waals surface area contributed by atoms with Crippen molar-refractivity contribution in [3.63, 3.8) is 0 Å². The van der Waals surface area contributed by atoms with Crippen LogP contribution in [0.15, 0.2) is 12.1 Å². The lowest BCUT2D eigenvalue weighted by Crippen LogP contribution is -2.05. The molecule has 1 aromatic rings. The van der Waals surface area contributed by atoms with Crippen LogP contribution < -0.4 is 5.32 Å². The van der Waals surface area contributed by atoms with Gasteiger partial charge in [-0.15, -0.1) is 6.42 Å². The number of anilines is 1. The van der Waals surface area contributed by atoms with Gasteiger partial charge in [0.25, 0.3) is 5.69 Å². The molecule has 0 spiro atoms. The molecule has 1 rings (SSSR count). The average Bonchev–Trinajstić information content (AvgIpc) is 2.15. The molecule has 0 unspecified atom stereocenters. The molecule has 0 radical (unpaired) electrons. The minimum atomic E-state index is -1.04. The van der Waals surface area contributed by atoms with E-state index in [9.17, 15) is 18.9 Å². The highest BCUT2D eigenvalue weighted by Crippen LogP contribution is 2.28. The van der Waals surface area contributed by atoms with Gasteiger partial charge in [-0.3, -0.25) is 10.1 Å². The second-order valence-electron chi connectivity index (χ2n) is 2.60. The molecule has 78 valence electrons. The lowest BCUT2D eigenvalue weighted by molar-refractivity contribution is -0.384. The van der Waals surface area contributed by atoms with E-state index in [1.165, 1.54) is 0 Å². The molecule has 0 heterocycles. The van der Waals surface area contributed by atoms with Crippen molar-refractivity contribution < 1.29 is 13.7 Å². The molecule has 0 amide bonds. The summed E-state index contributed by atoms with van der Waals surface area (Å²) in [6.07, 6.45) is 4.90. The van der Waals surface area contributed by atoms with Gasteiger partial charge in [-0.05, 0) is 0 Å². The molecular formula is C9H6F2N2O2. The molecular weight excluding hydrogens is 206 g/mol. The SMILES string of the molecule is C#CCNc1c(F)cc(F)cc1[N+](=O)[O-]. The monoisotopic (exact) mass is 212 g/mol. The number of nitro benzene ring substituents is 1. The first-order valence-corrected chi connectivity index (χ1v) is 3.87. The van der Waals surface area contributed by atoms with Crippen LogP contribution in [0.2, 0.25) is 0 Å². The number of nitro groups is 1. The van der Waals surface area contributed by atoms with Gasteiger partial charge < -0.3 is 5.32 Å². The summed E-state index contributed by atoms with van der Waals surface area (Å²) in [5.41, 5.74) is -1.08. The zero-order valence-electron chi connectivity index (χ0n) is 7.46. The molecule has 0 aliphatic rings. The van der Waals surface area contributed by atoms with Gasteiger partial charge in [0.05, 0.1) is 17.5 Å². The van der Waals surface area contributed by atoms with Gasteiger partial charge in [0.15, 0.2) is 11.5 Å². The van der Waals surface area contributed by atoms with E-state index < -0.39 is 27.9 Å². The molecule has 1 aromatic carbocycles. The Morgan fingerprint density at radius 3 is 2.73 bits per heavy atom. The normalized spacial score (nSPS) is 9.40. The Morgan fingerprint density at radius 1 is 1.53 bits per heavy atom. The standard InChI is InChI=1S/C9H6F2N2O2/c1-2-3-12-9-7(11)4-6(10)5-8(9)13(14)15/h1,4-5,12H,3H2. The number of halogens is 2. The maximum Gasteiger partial charge on any atom is 0.298 e. The first-order chi connectivity index (χ1) is 7.06. The second kappa shape index (κ2) is 4.37. The fourth-order valence-electron chi connectivity index (χ4n) is 1.02. The number of benzene rings is 1. The first-order valence-electron chi connectivity index (χ1n) is 3.87. The van der Waals surface area contributed by atoms with Crippen molar-refractivity contribution >= 4 is 11.4 Å². The van der Waals surface area contributed by atoms with Crippen molar-refractivity contribution in [3.8, 4) is 12.3 Å². The minimum Gasteiger partial charge on any atom is -0.366 e. The first kappa shape index (κ1) is 10.9. The molecule has 0 aliphatic carbocycles. The van der Waals surface area contributed by atoms with E-state index >= 15 is 0 Å². The van der Waals surface area contributed by atoms with Crippen LogP contribution in [0.4, 0.5) is 20.2 Å². The fourth-order valence-corrected chi connectivity index (χ4v) is 1.02. The lowest BCUT2D eigenvalue weighted by atomic mass is 10.2. The van der Waals surface area contributed by atoms with Crippen LogP contribution in [0, 0.1) is 34.1 Å². The lowest BCUT2D eigenvalue weighted by Gasteiger charge is -2.04. The third-order valence-corrected chi connectivity index (χ3v) is 1.60. The summed E-state index contributed by atoms with van der Waals surface area (Å²) in [6, 6.07) is 1.17. The van der Waals surface area contributed by atoms with Crippen LogP contribution in [0.25, 0.3) is 0 Å². The van der Waals surface area contributed by atoms with Crippen molar-refractivity contribution in [1.82, 2.24) is 0 Å². The van der Waals surface area contributed by atoms with Gasteiger partial charge in [0.2, 0.25) is 0 Å². The Hall–Kier alpha value is -2.16. The molecule has 0 bridgehead atoms. The van der Waals surface area contributed by atoms with E-state index in [2.05, 4.69) is 11.2 Å². The molecule has 1 N–H and O–H groups in total. The van der Waals surface area contributed by atoms with Gasteiger partial charge in [-0.25, -0.2) is 8.78 Å². The van der Waals surface area contributed by atoms with E-state index in [0.717, 1.165) is 0 Å². The summed E-state index contributed by atoms with van der Waals surface area (Å²) >= 11 is 0. The molecule has 0 fully saturated rings. The average molecular weight is 212 g/mol. The minimum absolute atomic E-state index is 0.0800. The number of rotatable bonds is 3. The van der Waals surface area contributed by atoms with Crippen LogP contribution in [-0.4, -0.2) is 11.5 Å². The molecule has 15 heavy (non-hydrogen) atoms. The number of terminal acetylenes is 1. The molecule has 0 aliphatic heterocycles. The summed E-state index contributed by atoms with van der Waals surface area (Å²) in [4.78, 5) is 9.59. The van der Waals surface area contributed by atoms with E-state index in [4.69, 9.17) is 6.42 Å².